The summed E-state index contributed by atoms with van der Waals surface area (Å²) in [7, 11) is -3.65. The highest BCUT2D eigenvalue weighted by atomic mass is 32.2. The number of rotatable bonds is 7. The fourth-order valence-corrected chi connectivity index (χ4v) is 5.68. The lowest BCUT2D eigenvalue weighted by Gasteiger charge is -2.30. The fraction of sp³-hybridized carbons (Fsp3) is 0.524. The Morgan fingerprint density at radius 1 is 1.24 bits per heavy atom. The lowest BCUT2D eigenvalue weighted by molar-refractivity contribution is -0.126. The van der Waals surface area contributed by atoms with Crippen LogP contribution in [0.4, 0.5) is 0 Å². The molecule has 1 aromatic heterocycles. The van der Waals surface area contributed by atoms with Crippen molar-refractivity contribution in [3.05, 3.63) is 47.3 Å². The van der Waals surface area contributed by atoms with Crippen molar-refractivity contribution >= 4 is 15.9 Å². The van der Waals surface area contributed by atoms with Gasteiger partial charge < -0.3 is 9.84 Å². The second-order valence-electron chi connectivity index (χ2n) is 7.59. The zero-order valence-corrected chi connectivity index (χ0v) is 18.0. The van der Waals surface area contributed by atoms with E-state index >= 15 is 0 Å². The van der Waals surface area contributed by atoms with Gasteiger partial charge in [-0.25, -0.2) is 8.42 Å². The lowest BCUT2D eigenvalue weighted by Crippen LogP contribution is -2.43. The molecular weight excluding hydrogens is 390 g/mol. The highest BCUT2D eigenvalue weighted by Gasteiger charge is 2.35. The van der Waals surface area contributed by atoms with Gasteiger partial charge in [-0.15, -0.1) is 0 Å². The number of nitrogens with one attached hydrogen (secondary N) is 1. The number of aryl methyl sites for hydroxylation is 2. The first-order chi connectivity index (χ1) is 13.8. The van der Waals surface area contributed by atoms with Crippen molar-refractivity contribution in [2.45, 2.75) is 50.8 Å². The third-order valence-electron chi connectivity index (χ3n) is 5.68. The van der Waals surface area contributed by atoms with Gasteiger partial charge in [0.2, 0.25) is 15.9 Å². The predicted octanol–water partition coefficient (Wildman–Crippen LogP) is 3.00. The van der Waals surface area contributed by atoms with Gasteiger partial charge >= 0.3 is 0 Å². The van der Waals surface area contributed by atoms with Crippen molar-refractivity contribution < 1.29 is 17.7 Å². The largest absolute Gasteiger partial charge is 0.360 e. The molecule has 3 rings (SSSR count). The normalized spacial score (nSPS) is 17.2. The Morgan fingerprint density at radius 3 is 2.45 bits per heavy atom. The Kier molecular flexibility index (Phi) is 6.74. The van der Waals surface area contributed by atoms with Crippen molar-refractivity contribution in [1.82, 2.24) is 14.8 Å². The van der Waals surface area contributed by atoms with E-state index < -0.39 is 10.0 Å². The summed E-state index contributed by atoms with van der Waals surface area (Å²) >= 11 is 0. The molecule has 1 aliphatic rings. The van der Waals surface area contributed by atoms with E-state index in [9.17, 15) is 13.2 Å². The maximum Gasteiger partial charge on any atom is 0.248 e. The molecule has 1 aromatic carbocycles. The van der Waals surface area contributed by atoms with Crippen molar-refractivity contribution in [3.8, 4) is 0 Å². The van der Waals surface area contributed by atoms with E-state index in [0.29, 0.717) is 43.9 Å². The van der Waals surface area contributed by atoms with Gasteiger partial charge in [0.05, 0.1) is 0 Å². The van der Waals surface area contributed by atoms with Crippen LogP contribution < -0.4 is 5.32 Å². The molecule has 1 aliphatic heterocycles. The fourth-order valence-electron chi connectivity index (χ4n) is 3.92. The topological polar surface area (TPSA) is 92.5 Å². The first kappa shape index (κ1) is 21.5. The Balaban J connectivity index is 1.56. The monoisotopic (exact) mass is 419 g/mol. The molecule has 1 N–H and O–H groups in total. The van der Waals surface area contributed by atoms with Crippen LogP contribution in [-0.4, -0.2) is 43.4 Å². The van der Waals surface area contributed by atoms with E-state index in [1.165, 1.54) is 9.87 Å². The molecule has 158 valence electrons. The van der Waals surface area contributed by atoms with Crippen molar-refractivity contribution in [1.29, 1.82) is 0 Å². The molecule has 2 heterocycles. The standard InChI is InChI=1S/C21H29N3O4S/c1-4-17(18-8-6-5-7-9-18)14-22-21(25)19-10-12-24(13-11-19)29(26,27)20-15(2)23-28-16(20)3/h5-9,17,19H,4,10-14H2,1-3H3,(H,22,25). The molecule has 1 unspecified atom stereocenters. The molecule has 0 radical (unpaired) electrons. The zero-order valence-electron chi connectivity index (χ0n) is 17.2. The minimum atomic E-state index is -3.65. The molecule has 29 heavy (non-hydrogen) atoms. The van der Waals surface area contributed by atoms with E-state index in [0.717, 1.165) is 6.42 Å². The highest BCUT2D eigenvalue weighted by Crippen LogP contribution is 2.28. The van der Waals surface area contributed by atoms with Crippen LogP contribution in [0.5, 0.6) is 0 Å². The number of benzene rings is 1. The molecule has 1 atom stereocenters. The van der Waals surface area contributed by atoms with Crippen LogP contribution >= 0.6 is 0 Å². The van der Waals surface area contributed by atoms with Crippen LogP contribution in [0.2, 0.25) is 0 Å². The van der Waals surface area contributed by atoms with E-state index in [4.69, 9.17) is 4.52 Å². The van der Waals surface area contributed by atoms with E-state index in [2.05, 4.69) is 29.5 Å². The number of nitrogens with zero attached hydrogens (tertiary/aromatic N) is 2. The van der Waals surface area contributed by atoms with Crippen molar-refractivity contribution in [2.24, 2.45) is 5.92 Å². The number of piperidine rings is 1. The van der Waals surface area contributed by atoms with Gasteiger partial charge in [0.1, 0.15) is 10.6 Å². The second kappa shape index (κ2) is 9.09. The van der Waals surface area contributed by atoms with Crippen LogP contribution in [0, 0.1) is 19.8 Å². The van der Waals surface area contributed by atoms with Gasteiger partial charge in [-0.2, -0.15) is 4.31 Å². The number of hydrogen-bond acceptors (Lipinski definition) is 5. The Bertz CT molecular complexity index is 913. The summed E-state index contributed by atoms with van der Waals surface area (Å²) in [5.41, 5.74) is 1.59. The SMILES string of the molecule is CCC(CNC(=O)C1CCN(S(=O)(=O)c2c(C)noc2C)CC1)c1ccccc1. The van der Waals surface area contributed by atoms with Crippen LogP contribution in [0.1, 0.15) is 49.1 Å². The zero-order chi connectivity index (χ0) is 21.0. The molecule has 1 fully saturated rings. The lowest BCUT2D eigenvalue weighted by atomic mass is 9.94. The minimum Gasteiger partial charge on any atom is -0.360 e. The Labute approximate surface area is 172 Å². The molecule has 2 aromatic rings. The van der Waals surface area contributed by atoms with Gasteiger partial charge in [-0.3, -0.25) is 4.79 Å². The highest BCUT2D eigenvalue weighted by molar-refractivity contribution is 7.89. The molecule has 0 saturated carbocycles. The molecule has 8 heteroatoms. The number of amides is 1. The molecule has 0 bridgehead atoms. The van der Waals surface area contributed by atoms with Crippen LogP contribution in [0.25, 0.3) is 0 Å². The van der Waals surface area contributed by atoms with Gasteiger partial charge in [-0.1, -0.05) is 42.4 Å². The quantitative estimate of drug-likeness (QED) is 0.745. The van der Waals surface area contributed by atoms with Gasteiger partial charge in [-0.05, 0) is 38.7 Å². The van der Waals surface area contributed by atoms with Gasteiger partial charge in [0.25, 0.3) is 0 Å². The molecule has 7 nitrogen and oxygen atoms in total. The number of aromatic nitrogens is 1. The summed E-state index contributed by atoms with van der Waals surface area (Å²) in [4.78, 5) is 12.8. The molecule has 1 saturated heterocycles. The number of sulfonamides is 1. The summed E-state index contributed by atoms with van der Waals surface area (Å²) in [5.74, 6) is 0.419. The Hall–Kier alpha value is -2.19. The Morgan fingerprint density at radius 2 is 1.90 bits per heavy atom. The average Bonchev–Trinajstić information content (AvgIpc) is 3.08. The third-order valence-corrected chi connectivity index (χ3v) is 7.82. The summed E-state index contributed by atoms with van der Waals surface area (Å²) in [6, 6.07) is 10.2. The number of hydrogen-bond donors (Lipinski definition) is 1. The molecule has 0 spiro atoms. The molecule has 1 amide bonds. The summed E-state index contributed by atoms with van der Waals surface area (Å²) in [5, 5.41) is 6.82. The molecular formula is C21H29N3O4S. The van der Waals surface area contributed by atoms with Crippen LogP contribution in [-0.2, 0) is 14.8 Å². The summed E-state index contributed by atoms with van der Waals surface area (Å²) < 4.78 is 32.3. The van der Waals surface area contributed by atoms with Crippen LogP contribution in [0.3, 0.4) is 0 Å². The van der Waals surface area contributed by atoms with Gasteiger partial charge in [0, 0.05) is 31.5 Å². The van der Waals surface area contributed by atoms with E-state index in [-0.39, 0.29) is 22.6 Å². The number of carbonyl (C=O) groups excluding carboxylic acids is 1. The third kappa shape index (κ3) is 4.70. The second-order valence-corrected chi connectivity index (χ2v) is 9.47. The minimum absolute atomic E-state index is 0.00812. The van der Waals surface area contributed by atoms with Crippen molar-refractivity contribution in [2.75, 3.05) is 19.6 Å². The van der Waals surface area contributed by atoms with Gasteiger partial charge in [0.15, 0.2) is 5.76 Å². The van der Waals surface area contributed by atoms with E-state index in [1.807, 2.05) is 18.2 Å². The molecule has 0 aliphatic carbocycles. The average molecular weight is 420 g/mol. The first-order valence-electron chi connectivity index (χ1n) is 10.1. The summed E-state index contributed by atoms with van der Waals surface area (Å²) in [6.45, 7) is 6.57. The van der Waals surface area contributed by atoms with Crippen molar-refractivity contribution in [3.63, 3.8) is 0 Å². The maximum atomic E-state index is 12.9. The van der Waals surface area contributed by atoms with E-state index in [1.54, 1.807) is 13.8 Å². The number of carbonyl (C=O) groups is 1. The smallest absolute Gasteiger partial charge is 0.248 e. The maximum absolute atomic E-state index is 12.9. The van der Waals surface area contributed by atoms with Crippen LogP contribution in [0.15, 0.2) is 39.8 Å². The predicted molar refractivity (Wildman–Crippen MR) is 110 cm³/mol. The summed E-state index contributed by atoms with van der Waals surface area (Å²) in [6.07, 6.45) is 1.96. The first-order valence-corrected chi connectivity index (χ1v) is 11.5.